The highest BCUT2D eigenvalue weighted by Crippen LogP contribution is 2.27. The van der Waals surface area contributed by atoms with Gasteiger partial charge in [-0.2, -0.15) is 0 Å². The molecule has 0 aliphatic carbocycles. The van der Waals surface area contributed by atoms with E-state index in [1.165, 1.54) is 4.31 Å². The van der Waals surface area contributed by atoms with Gasteiger partial charge in [0.25, 0.3) is 0 Å². The molecule has 1 amide bonds. The minimum Gasteiger partial charge on any atom is -0.343 e. The molecule has 0 saturated carbocycles. The standard InChI is InChI=1S/C26H30N2O3S/c1-5-24(28(32(4,30)31)22-17-15-19(2)16-18-22)26(29)27-25(21-12-7-6-8-13-21)23-14-10-9-11-20(23)3/h6-18,24-25H,5H2,1-4H3,(H,27,29)/t24-,25+/m1/s1. The fraction of sp³-hybridized carbons (Fsp3) is 0.269. The second-order valence-electron chi connectivity index (χ2n) is 8.03. The van der Waals surface area contributed by atoms with Gasteiger partial charge in [0.1, 0.15) is 6.04 Å². The second kappa shape index (κ2) is 10.0. The van der Waals surface area contributed by atoms with E-state index in [1.54, 1.807) is 12.1 Å². The predicted octanol–water partition coefficient (Wildman–Crippen LogP) is 4.75. The fourth-order valence-corrected chi connectivity index (χ4v) is 5.10. The van der Waals surface area contributed by atoms with Crippen molar-refractivity contribution in [1.82, 2.24) is 5.32 Å². The molecule has 0 aromatic heterocycles. The number of nitrogens with zero attached hydrogens (tertiary/aromatic N) is 1. The van der Waals surface area contributed by atoms with Gasteiger partial charge < -0.3 is 5.32 Å². The van der Waals surface area contributed by atoms with E-state index in [2.05, 4.69) is 5.32 Å². The van der Waals surface area contributed by atoms with Crippen molar-refractivity contribution in [3.05, 3.63) is 101 Å². The molecule has 1 N–H and O–H groups in total. The van der Waals surface area contributed by atoms with Crippen LogP contribution in [0.1, 0.15) is 41.6 Å². The van der Waals surface area contributed by atoms with Gasteiger partial charge >= 0.3 is 0 Å². The average Bonchev–Trinajstić information content (AvgIpc) is 2.77. The first-order valence-electron chi connectivity index (χ1n) is 10.7. The first-order valence-corrected chi connectivity index (χ1v) is 12.5. The molecule has 0 bridgehead atoms. The van der Waals surface area contributed by atoms with Crippen molar-refractivity contribution in [3.63, 3.8) is 0 Å². The molecule has 6 heteroatoms. The summed E-state index contributed by atoms with van der Waals surface area (Å²) in [5.41, 5.74) is 4.46. The maximum Gasteiger partial charge on any atom is 0.244 e. The number of amides is 1. The Bertz CT molecular complexity index is 1160. The van der Waals surface area contributed by atoms with Gasteiger partial charge in [-0.1, -0.05) is 79.2 Å². The number of hydrogen-bond donors (Lipinski definition) is 1. The maximum atomic E-state index is 13.6. The smallest absolute Gasteiger partial charge is 0.244 e. The van der Waals surface area contributed by atoms with Crippen LogP contribution in [0.4, 0.5) is 5.69 Å². The summed E-state index contributed by atoms with van der Waals surface area (Å²) in [7, 11) is -3.69. The van der Waals surface area contributed by atoms with Crippen LogP contribution in [-0.2, 0) is 14.8 Å². The summed E-state index contributed by atoms with van der Waals surface area (Å²) in [6.07, 6.45) is 1.47. The van der Waals surface area contributed by atoms with E-state index in [-0.39, 0.29) is 5.91 Å². The maximum absolute atomic E-state index is 13.6. The Morgan fingerprint density at radius 1 is 0.906 bits per heavy atom. The lowest BCUT2D eigenvalue weighted by molar-refractivity contribution is -0.122. The van der Waals surface area contributed by atoms with Crippen molar-refractivity contribution in [2.45, 2.75) is 39.3 Å². The Balaban J connectivity index is 2.01. The molecule has 3 aromatic rings. The Kier molecular flexibility index (Phi) is 7.36. The minimum atomic E-state index is -3.69. The van der Waals surface area contributed by atoms with E-state index in [4.69, 9.17) is 0 Å². The monoisotopic (exact) mass is 450 g/mol. The van der Waals surface area contributed by atoms with E-state index in [0.717, 1.165) is 28.5 Å². The Hall–Kier alpha value is -3.12. The third-order valence-electron chi connectivity index (χ3n) is 5.54. The summed E-state index contributed by atoms with van der Waals surface area (Å²) in [6, 6.07) is 23.5. The molecular weight excluding hydrogens is 420 g/mol. The zero-order valence-corrected chi connectivity index (χ0v) is 19.8. The first kappa shape index (κ1) is 23.5. The minimum absolute atomic E-state index is 0.335. The van der Waals surface area contributed by atoms with Crippen LogP contribution in [0.25, 0.3) is 0 Å². The van der Waals surface area contributed by atoms with Crippen LogP contribution < -0.4 is 9.62 Å². The fourth-order valence-electron chi connectivity index (χ4n) is 3.89. The number of sulfonamides is 1. The Labute approximate surface area is 191 Å². The molecule has 0 heterocycles. The first-order chi connectivity index (χ1) is 15.2. The van der Waals surface area contributed by atoms with Crippen LogP contribution in [0.5, 0.6) is 0 Å². The van der Waals surface area contributed by atoms with Gasteiger partial charge in [-0.05, 0) is 49.1 Å². The molecule has 0 spiro atoms. The zero-order valence-electron chi connectivity index (χ0n) is 18.9. The molecule has 0 radical (unpaired) electrons. The lowest BCUT2D eigenvalue weighted by atomic mass is 9.94. The topological polar surface area (TPSA) is 66.5 Å². The summed E-state index contributed by atoms with van der Waals surface area (Å²) >= 11 is 0. The van der Waals surface area contributed by atoms with E-state index in [9.17, 15) is 13.2 Å². The lowest BCUT2D eigenvalue weighted by Gasteiger charge is -2.32. The SMILES string of the molecule is CC[C@H](C(=O)N[C@@H](c1ccccc1)c1ccccc1C)N(c1ccc(C)cc1)S(C)(=O)=O. The van der Waals surface area contributed by atoms with Gasteiger partial charge in [0.15, 0.2) is 0 Å². The van der Waals surface area contributed by atoms with E-state index < -0.39 is 22.1 Å². The summed E-state index contributed by atoms with van der Waals surface area (Å²) in [5, 5.41) is 3.13. The molecule has 0 aliphatic heterocycles. The number of aryl methyl sites for hydroxylation is 2. The lowest BCUT2D eigenvalue weighted by Crippen LogP contribution is -2.50. The van der Waals surface area contributed by atoms with Crippen molar-refractivity contribution in [2.24, 2.45) is 0 Å². The normalized spacial score (nSPS) is 13.2. The Morgan fingerprint density at radius 2 is 1.50 bits per heavy atom. The number of hydrogen-bond acceptors (Lipinski definition) is 3. The average molecular weight is 451 g/mol. The highest BCUT2D eigenvalue weighted by molar-refractivity contribution is 7.92. The number of anilines is 1. The number of carbonyl (C=O) groups excluding carboxylic acids is 1. The second-order valence-corrected chi connectivity index (χ2v) is 9.89. The third-order valence-corrected chi connectivity index (χ3v) is 6.72. The van der Waals surface area contributed by atoms with Gasteiger partial charge in [-0.25, -0.2) is 8.42 Å². The van der Waals surface area contributed by atoms with Gasteiger partial charge in [0, 0.05) is 0 Å². The van der Waals surface area contributed by atoms with E-state index >= 15 is 0 Å². The zero-order chi connectivity index (χ0) is 23.3. The highest BCUT2D eigenvalue weighted by Gasteiger charge is 2.33. The Morgan fingerprint density at radius 3 is 2.06 bits per heavy atom. The van der Waals surface area contributed by atoms with Gasteiger partial charge in [-0.3, -0.25) is 9.10 Å². The van der Waals surface area contributed by atoms with Gasteiger partial charge in [-0.15, -0.1) is 0 Å². The molecule has 0 unspecified atom stereocenters. The van der Waals surface area contributed by atoms with Crippen LogP contribution in [0.3, 0.4) is 0 Å². The van der Waals surface area contributed by atoms with E-state index in [1.807, 2.05) is 87.5 Å². The number of benzene rings is 3. The third kappa shape index (κ3) is 5.37. The molecule has 3 aromatic carbocycles. The molecule has 0 aliphatic rings. The molecule has 3 rings (SSSR count). The highest BCUT2D eigenvalue weighted by atomic mass is 32.2. The van der Waals surface area contributed by atoms with Crippen LogP contribution in [0.15, 0.2) is 78.9 Å². The quantitative estimate of drug-likeness (QED) is 0.538. The number of rotatable bonds is 8. The molecule has 168 valence electrons. The van der Waals surface area contributed by atoms with Crippen molar-refractivity contribution in [3.8, 4) is 0 Å². The summed E-state index contributed by atoms with van der Waals surface area (Å²) < 4.78 is 26.7. The van der Waals surface area contributed by atoms with Crippen molar-refractivity contribution in [1.29, 1.82) is 0 Å². The van der Waals surface area contributed by atoms with Crippen molar-refractivity contribution in [2.75, 3.05) is 10.6 Å². The summed E-state index contributed by atoms with van der Waals surface area (Å²) in [6.45, 7) is 5.76. The molecule has 0 fully saturated rings. The molecule has 5 nitrogen and oxygen atoms in total. The predicted molar refractivity (Wildman–Crippen MR) is 130 cm³/mol. The van der Waals surface area contributed by atoms with Crippen LogP contribution in [0.2, 0.25) is 0 Å². The molecule has 2 atom stereocenters. The molecule has 32 heavy (non-hydrogen) atoms. The van der Waals surface area contributed by atoms with Gasteiger partial charge in [0.2, 0.25) is 15.9 Å². The van der Waals surface area contributed by atoms with Crippen LogP contribution in [-0.4, -0.2) is 26.6 Å². The molecular formula is C26H30N2O3S. The van der Waals surface area contributed by atoms with Crippen LogP contribution in [0, 0.1) is 13.8 Å². The van der Waals surface area contributed by atoms with E-state index in [0.29, 0.717) is 12.1 Å². The largest absolute Gasteiger partial charge is 0.343 e. The number of nitrogens with one attached hydrogen (secondary N) is 1. The number of carbonyl (C=O) groups is 1. The summed E-state index contributed by atoms with van der Waals surface area (Å²) in [4.78, 5) is 13.6. The molecule has 0 saturated heterocycles. The van der Waals surface area contributed by atoms with Crippen LogP contribution >= 0.6 is 0 Å². The van der Waals surface area contributed by atoms with Gasteiger partial charge in [0.05, 0.1) is 18.0 Å². The van der Waals surface area contributed by atoms with Crippen molar-refractivity contribution >= 4 is 21.6 Å². The van der Waals surface area contributed by atoms with Crippen molar-refractivity contribution < 1.29 is 13.2 Å². The summed E-state index contributed by atoms with van der Waals surface area (Å²) in [5.74, 6) is -0.337.